The quantitative estimate of drug-likeness (QED) is 0.725. The zero-order chi connectivity index (χ0) is 17.6. The summed E-state index contributed by atoms with van der Waals surface area (Å²) in [7, 11) is 0. The van der Waals surface area contributed by atoms with Crippen LogP contribution in [0.2, 0.25) is 0 Å². The van der Waals surface area contributed by atoms with Crippen molar-refractivity contribution in [2.45, 2.75) is 6.61 Å². The molecular formula is C20H15F2NO2. The van der Waals surface area contributed by atoms with E-state index >= 15 is 0 Å². The van der Waals surface area contributed by atoms with Crippen LogP contribution >= 0.6 is 0 Å². The highest BCUT2D eigenvalue weighted by Gasteiger charge is 2.10. The molecule has 3 aromatic rings. The molecule has 0 saturated carbocycles. The van der Waals surface area contributed by atoms with Gasteiger partial charge in [0.25, 0.3) is 5.91 Å². The van der Waals surface area contributed by atoms with Crippen LogP contribution < -0.4 is 10.1 Å². The van der Waals surface area contributed by atoms with Gasteiger partial charge in [0, 0.05) is 11.6 Å². The van der Waals surface area contributed by atoms with Gasteiger partial charge in [-0.05, 0) is 42.0 Å². The van der Waals surface area contributed by atoms with Crippen molar-refractivity contribution >= 4 is 11.6 Å². The van der Waals surface area contributed by atoms with Gasteiger partial charge in [-0.1, -0.05) is 30.3 Å². The van der Waals surface area contributed by atoms with E-state index in [1.807, 2.05) is 30.3 Å². The maximum absolute atomic E-state index is 13.6. The molecule has 1 N–H and O–H groups in total. The third-order valence-electron chi connectivity index (χ3n) is 3.54. The molecule has 0 radical (unpaired) electrons. The van der Waals surface area contributed by atoms with Crippen LogP contribution in [0.25, 0.3) is 0 Å². The molecule has 0 saturated heterocycles. The fourth-order valence-corrected chi connectivity index (χ4v) is 2.22. The van der Waals surface area contributed by atoms with Gasteiger partial charge in [0.2, 0.25) is 0 Å². The first-order valence-corrected chi connectivity index (χ1v) is 7.65. The van der Waals surface area contributed by atoms with Crippen LogP contribution in [0.15, 0.2) is 72.8 Å². The molecule has 3 rings (SSSR count). The van der Waals surface area contributed by atoms with Crippen molar-refractivity contribution in [2.75, 3.05) is 5.32 Å². The van der Waals surface area contributed by atoms with Crippen LogP contribution in [0.4, 0.5) is 14.5 Å². The average molecular weight is 339 g/mol. The molecular weight excluding hydrogens is 324 g/mol. The summed E-state index contributed by atoms with van der Waals surface area (Å²) in [5, 5.41) is 2.36. The summed E-state index contributed by atoms with van der Waals surface area (Å²) in [5.41, 5.74) is 1.03. The second-order valence-corrected chi connectivity index (χ2v) is 5.38. The summed E-state index contributed by atoms with van der Waals surface area (Å²) in [6.07, 6.45) is 0. The number of amides is 1. The third kappa shape index (κ3) is 4.41. The van der Waals surface area contributed by atoms with Crippen LogP contribution in [0.5, 0.6) is 5.75 Å². The number of carbonyl (C=O) groups excluding carboxylic acids is 1. The van der Waals surface area contributed by atoms with Gasteiger partial charge in [0.05, 0.1) is 5.69 Å². The van der Waals surface area contributed by atoms with Crippen molar-refractivity contribution in [3.63, 3.8) is 0 Å². The Hall–Kier alpha value is -3.21. The molecule has 126 valence electrons. The van der Waals surface area contributed by atoms with Gasteiger partial charge >= 0.3 is 0 Å². The number of hydrogen-bond donors (Lipinski definition) is 1. The van der Waals surface area contributed by atoms with Crippen LogP contribution in [-0.4, -0.2) is 5.91 Å². The molecule has 0 aliphatic carbocycles. The minimum atomic E-state index is -0.692. The average Bonchev–Trinajstić information content (AvgIpc) is 2.64. The van der Waals surface area contributed by atoms with Gasteiger partial charge in [-0.3, -0.25) is 4.79 Å². The molecule has 0 aliphatic heterocycles. The topological polar surface area (TPSA) is 38.3 Å². The maximum atomic E-state index is 13.6. The number of nitrogens with one attached hydrogen (secondary N) is 1. The predicted octanol–water partition coefficient (Wildman–Crippen LogP) is 4.80. The van der Waals surface area contributed by atoms with Gasteiger partial charge in [0.1, 0.15) is 24.0 Å². The van der Waals surface area contributed by atoms with Gasteiger partial charge in [-0.2, -0.15) is 0 Å². The minimum Gasteiger partial charge on any atom is -0.489 e. The fraction of sp³-hybridized carbons (Fsp3) is 0.0500. The van der Waals surface area contributed by atoms with Crippen molar-refractivity contribution < 1.29 is 18.3 Å². The Balaban J connectivity index is 1.63. The number of halogens is 2. The SMILES string of the molecule is O=C(Nc1cc(F)ccc1F)c1ccc(COc2ccccc2)cc1. The zero-order valence-electron chi connectivity index (χ0n) is 13.2. The molecule has 3 nitrogen and oxygen atoms in total. The summed E-state index contributed by atoms with van der Waals surface area (Å²) < 4.78 is 32.3. The van der Waals surface area contributed by atoms with E-state index in [4.69, 9.17) is 4.74 Å². The Bertz CT molecular complexity index is 865. The van der Waals surface area contributed by atoms with Gasteiger partial charge in [-0.15, -0.1) is 0 Å². The van der Waals surface area contributed by atoms with Crippen molar-refractivity contribution in [3.8, 4) is 5.75 Å². The molecule has 1 amide bonds. The molecule has 0 heterocycles. The van der Waals surface area contributed by atoms with Crippen LogP contribution in [0.1, 0.15) is 15.9 Å². The number of hydrogen-bond acceptors (Lipinski definition) is 2. The molecule has 3 aromatic carbocycles. The first kappa shape index (κ1) is 16.6. The highest BCUT2D eigenvalue weighted by atomic mass is 19.1. The first-order valence-electron chi connectivity index (χ1n) is 7.65. The fourth-order valence-electron chi connectivity index (χ4n) is 2.22. The van der Waals surface area contributed by atoms with Gasteiger partial charge in [0.15, 0.2) is 0 Å². The maximum Gasteiger partial charge on any atom is 0.255 e. The van der Waals surface area contributed by atoms with Crippen molar-refractivity contribution in [2.24, 2.45) is 0 Å². The molecule has 0 fully saturated rings. The molecule has 0 aliphatic rings. The lowest BCUT2D eigenvalue weighted by Gasteiger charge is -2.08. The lowest BCUT2D eigenvalue weighted by Crippen LogP contribution is -2.13. The summed E-state index contributed by atoms with van der Waals surface area (Å²) >= 11 is 0. The van der Waals surface area contributed by atoms with E-state index < -0.39 is 17.5 Å². The molecule has 0 aromatic heterocycles. The number of ether oxygens (including phenoxy) is 1. The lowest BCUT2D eigenvalue weighted by atomic mass is 10.1. The van der Waals surface area contributed by atoms with Crippen molar-refractivity contribution in [1.82, 2.24) is 0 Å². The van der Waals surface area contributed by atoms with Crippen molar-refractivity contribution in [1.29, 1.82) is 0 Å². The number of para-hydroxylation sites is 1. The summed E-state index contributed by atoms with van der Waals surface area (Å²) in [5.74, 6) is -1.07. The van der Waals surface area contributed by atoms with E-state index in [-0.39, 0.29) is 5.69 Å². The van der Waals surface area contributed by atoms with Crippen LogP contribution in [0, 0.1) is 11.6 Å². The second kappa shape index (κ2) is 7.57. The molecule has 0 spiro atoms. The van der Waals surface area contributed by atoms with E-state index in [0.717, 1.165) is 29.5 Å². The summed E-state index contributed by atoms with van der Waals surface area (Å²) in [4.78, 5) is 12.1. The third-order valence-corrected chi connectivity index (χ3v) is 3.54. The van der Waals surface area contributed by atoms with E-state index in [2.05, 4.69) is 5.32 Å². The Kier molecular flexibility index (Phi) is 5.04. The molecule has 0 atom stereocenters. The number of carbonyl (C=O) groups is 1. The van der Waals surface area contributed by atoms with Crippen LogP contribution in [-0.2, 0) is 6.61 Å². The predicted molar refractivity (Wildman–Crippen MR) is 91.5 cm³/mol. The Labute approximate surface area is 143 Å². The zero-order valence-corrected chi connectivity index (χ0v) is 13.2. The second-order valence-electron chi connectivity index (χ2n) is 5.38. The molecule has 5 heteroatoms. The lowest BCUT2D eigenvalue weighted by molar-refractivity contribution is 0.102. The van der Waals surface area contributed by atoms with E-state index in [9.17, 15) is 13.6 Å². The van der Waals surface area contributed by atoms with Gasteiger partial charge in [-0.25, -0.2) is 8.78 Å². The van der Waals surface area contributed by atoms with Crippen molar-refractivity contribution in [3.05, 3.63) is 95.6 Å². The molecule has 0 bridgehead atoms. The summed E-state index contributed by atoms with van der Waals surface area (Å²) in [6.45, 7) is 0.366. The smallest absolute Gasteiger partial charge is 0.255 e. The normalized spacial score (nSPS) is 10.3. The number of benzene rings is 3. The first-order chi connectivity index (χ1) is 12.1. The summed E-state index contributed by atoms with van der Waals surface area (Å²) in [6, 6.07) is 19.0. The highest BCUT2D eigenvalue weighted by molar-refractivity contribution is 6.04. The van der Waals surface area contributed by atoms with E-state index in [0.29, 0.717) is 12.2 Å². The number of anilines is 1. The molecule has 0 unspecified atom stereocenters. The Morgan fingerprint density at radius 2 is 1.64 bits per heavy atom. The van der Waals surface area contributed by atoms with E-state index in [1.54, 1.807) is 24.3 Å². The highest BCUT2D eigenvalue weighted by Crippen LogP contribution is 2.17. The Morgan fingerprint density at radius 1 is 0.920 bits per heavy atom. The Morgan fingerprint density at radius 3 is 2.36 bits per heavy atom. The minimum absolute atomic E-state index is 0.193. The standard InChI is InChI=1S/C20H15F2NO2/c21-16-10-11-18(22)19(12-16)23-20(24)15-8-6-14(7-9-15)13-25-17-4-2-1-3-5-17/h1-12H,13H2,(H,23,24). The number of rotatable bonds is 5. The van der Waals surface area contributed by atoms with Gasteiger partial charge < -0.3 is 10.1 Å². The molecule has 25 heavy (non-hydrogen) atoms. The van der Waals surface area contributed by atoms with Crippen LogP contribution in [0.3, 0.4) is 0 Å². The monoisotopic (exact) mass is 339 g/mol. The van der Waals surface area contributed by atoms with E-state index in [1.165, 1.54) is 0 Å². The largest absolute Gasteiger partial charge is 0.489 e.